The minimum absolute atomic E-state index is 0.195. The van der Waals surface area contributed by atoms with Gasteiger partial charge in [0.2, 0.25) is 0 Å². The van der Waals surface area contributed by atoms with Gasteiger partial charge in [-0.05, 0) is 19.3 Å². The lowest BCUT2D eigenvalue weighted by molar-refractivity contribution is 0.569. The molecule has 0 N–H and O–H groups in total. The number of hydrogen-bond acceptors (Lipinski definition) is 3. The zero-order chi connectivity index (χ0) is 11.1. The number of halogens is 1. The molecule has 1 aliphatic carbocycles. The van der Waals surface area contributed by atoms with Crippen molar-refractivity contribution >= 4 is 19.7 Å². The zero-order valence-electron chi connectivity index (χ0n) is 8.48. The van der Waals surface area contributed by atoms with Crippen LogP contribution in [0.15, 0.2) is 11.1 Å². The Kier molecular flexibility index (Phi) is 2.77. The summed E-state index contributed by atoms with van der Waals surface area (Å²) in [7, 11) is 1.72. The third kappa shape index (κ3) is 2.18. The first-order valence-electron chi connectivity index (χ1n) is 5.04. The monoisotopic (exact) mass is 248 g/mol. The van der Waals surface area contributed by atoms with E-state index in [1.807, 2.05) is 6.92 Å². The van der Waals surface area contributed by atoms with E-state index >= 15 is 0 Å². The van der Waals surface area contributed by atoms with Crippen LogP contribution in [-0.2, 0) is 15.6 Å². The van der Waals surface area contributed by atoms with Crippen molar-refractivity contribution in [1.82, 2.24) is 9.78 Å². The second kappa shape index (κ2) is 3.79. The minimum Gasteiger partial charge on any atom is -0.268 e. The standard InChI is InChI=1S/C9H13ClN2O2S/c1-2-5-12-9(7-3-4-7)8(6-11-12)15(10,13)14/h6-7H,2-5H2,1H3. The van der Waals surface area contributed by atoms with Crippen molar-refractivity contribution in [3.05, 3.63) is 11.9 Å². The molecule has 4 nitrogen and oxygen atoms in total. The molecule has 1 aromatic heterocycles. The van der Waals surface area contributed by atoms with Gasteiger partial charge in [0.1, 0.15) is 4.90 Å². The molecule has 84 valence electrons. The largest absolute Gasteiger partial charge is 0.268 e. The van der Waals surface area contributed by atoms with Gasteiger partial charge in [-0.1, -0.05) is 6.92 Å². The fraction of sp³-hybridized carbons (Fsp3) is 0.667. The van der Waals surface area contributed by atoms with Gasteiger partial charge in [-0.3, -0.25) is 4.68 Å². The van der Waals surface area contributed by atoms with Gasteiger partial charge in [-0.25, -0.2) is 8.42 Å². The molecule has 0 radical (unpaired) electrons. The van der Waals surface area contributed by atoms with Crippen LogP contribution >= 0.6 is 10.7 Å². The molecular weight excluding hydrogens is 236 g/mol. The molecule has 0 spiro atoms. The Morgan fingerprint density at radius 3 is 2.73 bits per heavy atom. The fourth-order valence-electron chi connectivity index (χ4n) is 1.72. The lowest BCUT2D eigenvalue weighted by Crippen LogP contribution is -2.05. The maximum atomic E-state index is 11.3. The summed E-state index contributed by atoms with van der Waals surface area (Å²) in [5.74, 6) is 0.336. The molecule has 2 rings (SSSR count). The minimum atomic E-state index is -3.65. The van der Waals surface area contributed by atoms with Gasteiger partial charge in [0.15, 0.2) is 0 Å². The number of aromatic nitrogens is 2. The predicted octanol–water partition coefficient (Wildman–Crippen LogP) is 2.10. The number of hydrogen-bond donors (Lipinski definition) is 0. The summed E-state index contributed by atoms with van der Waals surface area (Å²) in [5, 5.41) is 4.09. The molecule has 0 saturated heterocycles. The molecule has 1 aromatic rings. The first-order chi connectivity index (χ1) is 7.04. The third-order valence-corrected chi connectivity index (χ3v) is 3.85. The van der Waals surface area contributed by atoms with Gasteiger partial charge in [0.25, 0.3) is 9.05 Å². The first kappa shape index (κ1) is 11.0. The Labute approximate surface area is 93.7 Å². The van der Waals surface area contributed by atoms with Crippen LogP contribution in [0.25, 0.3) is 0 Å². The van der Waals surface area contributed by atoms with Gasteiger partial charge in [-0.15, -0.1) is 0 Å². The van der Waals surface area contributed by atoms with E-state index in [-0.39, 0.29) is 4.90 Å². The Morgan fingerprint density at radius 1 is 1.60 bits per heavy atom. The van der Waals surface area contributed by atoms with Gasteiger partial charge in [-0.2, -0.15) is 5.10 Å². The Balaban J connectivity index is 2.47. The zero-order valence-corrected chi connectivity index (χ0v) is 10.1. The quantitative estimate of drug-likeness (QED) is 0.767. The van der Waals surface area contributed by atoms with Crippen LogP contribution in [0, 0.1) is 0 Å². The highest BCUT2D eigenvalue weighted by atomic mass is 35.7. The van der Waals surface area contributed by atoms with E-state index in [4.69, 9.17) is 10.7 Å². The van der Waals surface area contributed by atoms with E-state index in [2.05, 4.69) is 5.10 Å². The average Bonchev–Trinajstić information content (AvgIpc) is 2.87. The molecule has 1 saturated carbocycles. The summed E-state index contributed by atoms with van der Waals surface area (Å²) >= 11 is 0. The number of nitrogens with zero attached hydrogens (tertiary/aromatic N) is 2. The molecule has 0 aromatic carbocycles. The van der Waals surface area contributed by atoms with Gasteiger partial charge in [0, 0.05) is 23.1 Å². The van der Waals surface area contributed by atoms with E-state index in [1.54, 1.807) is 4.68 Å². The second-order valence-electron chi connectivity index (χ2n) is 3.83. The van der Waals surface area contributed by atoms with Crippen LogP contribution < -0.4 is 0 Å². The maximum Gasteiger partial charge on any atom is 0.264 e. The lowest BCUT2D eigenvalue weighted by Gasteiger charge is -2.05. The van der Waals surface area contributed by atoms with E-state index in [1.165, 1.54) is 6.20 Å². The Hall–Kier alpha value is -0.550. The van der Waals surface area contributed by atoms with Crippen LogP contribution in [0.5, 0.6) is 0 Å². The van der Waals surface area contributed by atoms with Gasteiger partial charge in [0.05, 0.1) is 11.9 Å². The van der Waals surface area contributed by atoms with Crippen molar-refractivity contribution in [2.75, 3.05) is 0 Å². The summed E-state index contributed by atoms with van der Waals surface area (Å²) in [6.45, 7) is 2.78. The van der Waals surface area contributed by atoms with Crippen molar-refractivity contribution in [3.8, 4) is 0 Å². The van der Waals surface area contributed by atoms with Gasteiger partial charge >= 0.3 is 0 Å². The topological polar surface area (TPSA) is 52.0 Å². The van der Waals surface area contributed by atoms with Crippen molar-refractivity contribution < 1.29 is 8.42 Å². The molecule has 0 unspecified atom stereocenters. The molecule has 0 amide bonds. The van der Waals surface area contributed by atoms with E-state index in [9.17, 15) is 8.42 Å². The van der Waals surface area contributed by atoms with Crippen molar-refractivity contribution in [2.24, 2.45) is 0 Å². The molecule has 1 fully saturated rings. The summed E-state index contributed by atoms with van der Waals surface area (Å²) in [4.78, 5) is 0.195. The van der Waals surface area contributed by atoms with Crippen LogP contribution in [0.4, 0.5) is 0 Å². The van der Waals surface area contributed by atoms with Crippen LogP contribution in [-0.4, -0.2) is 18.2 Å². The van der Waals surface area contributed by atoms with Crippen LogP contribution in [0.2, 0.25) is 0 Å². The van der Waals surface area contributed by atoms with Crippen molar-refractivity contribution in [2.45, 2.75) is 43.5 Å². The molecule has 0 bridgehead atoms. The van der Waals surface area contributed by atoms with Crippen molar-refractivity contribution in [3.63, 3.8) is 0 Å². The van der Waals surface area contributed by atoms with E-state index in [0.717, 1.165) is 31.5 Å². The molecule has 0 aliphatic heterocycles. The smallest absolute Gasteiger partial charge is 0.264 e. The SMILES string of the molecule is CCCn1ncc(S(=O)(=O)Cl)c1C1CC1. The third-order valence-electron chi connectivity index (χ3n) is 2.51. The highest BCUT2D eigenvalue weighted by Gasteiger charge is 2.33. The number of aryl methyl sites for hydroxylation is 1. The van der Waals surface area contributed by atoms with Crippen LogP contribution in [0.3, 0.4) is 0 Å². The average molecular weight is 249 g/mol. The van der Waals surface area contributed by atoms with E-state index in [0.29, 0.717) is 5.92 Å². The van der Waals surface area contributed by atoms with Crippen LogP contribution in [0.1, 0.15) is 37.8 Å². The summed E-state index contributed by atoms with van der Waals surface area (Å²) in [6, 6.07) is 0. The van der Waals surface area contributed by atoms with Crippen molar-refractivity contribution in [1.29, 1.82) is 0 Å². The fourth-order valence-corrected chi connectivity index (χ4v) is 2.78. The first-order valence-corrected chi connectivity index (χ1v) is 7.35. The molecule has 1 aliphatic rings. The molecule has 15 heavy (non-hydrogen) atoms. The second-order valence-corrected chi connectivity index (χ2v) is 6.36. The molecule has 1 heterocycles. The maximum absolute atomic E-state index is 11.3. The molecule has 6 heteroatoms. The number of rotatable bonds is 4. The molecule has 0 atom stereocenters. The highest BCUT2D eigenvalue weighted by molar-refractivity contribution is 8.13. The highest BCUT2D eigenvalue weighted by Crippen LogP contribution is 2.43. The summed E-state index contributed by atoms with van der Waals surface area (Å²) in [5.41, 5.74) is 0.798. The summed E-state index contributed by atoms with van der Waals surface area (Å²) < 4.78 is 24.4. The molecular formula is C9H13ClN2O2S. The normalized spacial score (nSPS) is 16.9. The lowest BCUT2D eigenvalue weighted by atomic mass is 10.3. The Bertz CT molecular complexity index is 462. The predicted molar refractivity (Wildman–Crippen MR) is 57.5 cm³/mol. The van der Waals surface area contributed by atoms with E-state index < -0.39 is 9.05 Å². The summed E-state index contributed by atoms with van der Waals surface area (Å²) in [6.07, 6.45) is 4.37. The van der Waals surface area contributed by atoms with Gasteiger partial charge < -0.3 is 0 Å². The Morgan fingerprint density at radius 2 is 2.27 bits per heavy atom.